The molecule has 2 aromatic rings. The first kappa shape index (κ1) is 18.1. The Hall–Kier alpha value is -2.25. The molecule has 4 rings (SSSR count). The fourth-order valence-electron chi connectivity index (χ4n) is 4.29. The van der Waals surface area contributed by atoms with Crippen LogP contribution < -0.4 is 0 Å². The molecule has 2 aliphatic rings. The molecule has 0 unspecified atom stereocenters. The number of aromatic nitrogens is 3. The zero-order chi connectivity index (χ0) is 18.8. The number of hydrogen-bond donors (Lipinski definition) is 0. The number of carbonyl (C=O) groups excluding carboxylic acids is 1. The first-order valence-electron chi connectivity index (χ1n) is 9.69. The molecule has 27 heavy (non-hydrogen) atoms. The third kappa shape index (κ3) is 3.49. The van der Waals surface area contributed by atoms with Crippen molar-refractivity contribution >= 4 is 5.91 Å². The average Bonchev–Trinajstić information content (AvgIpc) is 3.16. The molecule has 0 bridgehead atoms. The Morgan fingerprint density at radius 2 is 1.96 bits per heavy atom. The van der Waals surface area contributed by atoms with Gasteiger partial charge in [-0.1, -0.05) is 0 Å². The number of piperidine rings is 1. The van der Waals surface area contributed by atoms with Crippen molar-refractivity contribution in [1.29, 1.82) is 0 Å². The molecule has 0 N–H and O–H groups in total. The summed E-state index contributed by atoms with van der Waals surface area (Å²) in [5, 5.41) is 4.36. The summed E-state index contributed by atoms with van der Waals surface area (Å²) >= 11 is 0. The predicted octanol–water partition coefficient (Wildman–Crippen LogP) is 1.86. The Balaban J connectivity index is 1.38. The maximum atomic E-state index is 12.6. The van der Waals surface area contributed by atoms with Crippen LogP contribution in [0, 0.1) is 0 Å². The van der Waals surface area contributed by atoms with Crippen LogP contribution in [0.3, 0.4) is 0 Å². The summed E-state index contributed by atoms with van der Waals surface area (Å²) in [6.45, 7) is 5.91. The van der Waals surface area contributed by atoms with Gasteiger partial charge in [0.1, 0.15) is 0 Å². The minimum Gasteiger partial charge on any atom is -0.369 e. The lowest BCUT2D eigenvalue weighted by Gasteiger charge is -2.52. The van der Waals surface area contributed by atoms with E-state index in [1.54, 1.807) is 19.5 Å². The zero-order valence-electron chi connectivity index (χ0n) is 16.0. The van der Waals surface area contributed by atoms with Gasteiger partial charge in [0.25, 0.3) is 5.91 Å². The highest BCUT2D eigenvalue weighted by Gasteiger charge is 2.51. The lowest BCUT2D eigenvalue weighted by Crippen LogP contribution is -2.64. The number of pyridine rings is 1. The minimum absolute atomic E-state index is 0.00448. The summed E-state index contributed by atoms with van der Waals surface area (Å²) in [7, 11) is 1.62. The number of nitrogens with zero attached hydrogens (tertiary/aromatic N) is 5. The van der Waals surface area contributed by atoms with Gasteiger partial charge in [0, 0.05) is 63.5 Å². The quantitative estimate of drug-likeness (QED) is 0.728. The molecule has 2 atom stereocenters. The van der Waals surface area contributed by atoms with Crippen LogP contribution in [-0.2, 0) is 22.6 Å². The topological polar surface area (TPSA) is 63.5 Å². The highest BCUT2D eigenvalue weighted by Crippen LogP contribution is 2.40. The molecule has 2 aromatic heterocycles. The van der Waals surface area contributed by atoms with Crippen molar-refractivity contribution in [3.63, 3.8) is 0 Å². The Morgan fingerprint density at radius 3 is 2.59 bits per heavy atom. The second-order valence-corrected chi connectivity index (χ2v) is 7.34. The van der Waals surface area contributed by atoms with Crippen molar-refractivity contribution in [2.24, 2.45) is 0 Å². The smallest absolute Gasteiger partial charge is 0.255 e. The number of aryl methyl sites for hydroxylation is 1. The summed E-state index contributed by atoms with van der Waals surface area (Å²) in [4.78, 5) is 21.2. The fourth-order valence-corrected chi connectivity index (χ4v) is 4.29. The molecule has 2 fully saturated rings. The zero-order valence-corrected chi connectivity index (χ0v) is 16.0. The van der Waals surface area contributed by atoms with Crippen LogP contribution >= 0.6 is 0 Å². The third-order valence-electron chi connectivity index (χ3n) is 5.75. The van der Waals surface area contributed by atoms with Gasteiger partial charge >= 0.3 is 0 Å². The van der Waals surface area contributed by atoms with Crippen molar-refractivity contribution in [2.45, 2.75) is 51.0 Å². The Labute approximate surface area is 159 Å². The second kappa shape index (κ2) is 7.78. The van der Waals surface area contributed by atoms with E-state index in [2.05, 4.69) is 28.1 Å². The van der Waals surface area contributed by atoms with Crippen molar-refractivity contribution < 1.29 is 9.53 Å². The van der Waals surface area contributed by atoms with Crippen molar-refractivity contribution in [3.05, 3.63) is 48.0 Å². The minimum atomic E-state index is -0.370. The predicted molar refractivity (Wildman–Crippen MR) is 101 cm³/mol. The first-order valence-corrected chi connectivity index (χ1v) is 9.69. The molecule has 2 aliphatic heterocycles. The van der Waals surface area contributed by atoms with E-state index in [0.29, 0.717) is 0 Å². The highest BCUT2D eigenvalue weighted by molar-refractivity contribution is 5.89. The van der Waals surface area contributed by atoms with Crippen molar-refractivity contribution in [3.8, 4) is 0 Å². The standard InChI is InChI=1S/C20H27N5O2/c1-3-24-14-15(12-22-24)13-23-10-6-17(7-11-23)25-18(19(27-2)20(25)26)16-4-8-21-9-5-16/h4-5,8-9,12,14,17-19H,3,6-7,10-11,13H2,1-2H3/t18-,19+/m0/s1. The molecule has 4 heterocycles. The molecule has 144 valence electrons. The lowest BCUT2D eigenvalue weighted by molar-refractivity contribution is -0.178. The number of ether oxygens (including phenoxy) is 1. The van der Waals surface area contributed by atoms with Gasteiger partial charge in [0.15, 0.2) is 6.10 Å². The first-order chi connectivity index (χ1) is 13.2. The molecule has 7 heteroatoms. The molecular weight excluding hydrogens is 342 g/mol. The normalized spacial score (nSPS) is 24.2. The number of methoxy groups -OCH3 is 1. The molecule has 0 radical (unpaired) electrons. The third-order valence-corrected chi connectivity index (χ3v) is 5.75. The van der Waals surface area contributed by atoms with Gasteiger partial charge in [-0.25, -0.2) is 0 Å². The summed E-state index contributed by atoms with van der Waals surface area (Å²) < 4.78 is 7.43. The Bertz CT molecular complexity index is 770. The van der Waals surface area contributed by atoms with Crippen LogP contribution in [0.15, 0.2) is 36.9 Å². The molecular formula is C20H27N5O2. The number of β-lactam (4-membered cyclic amide) rings is 1. The largest absolute Gasteiger partial charge is 0.369 e. The molecule has 0 spiro atoms. The van der Waals surface area contributed by atoms with E-state index < -0.39 is 0 Å². The van der Waals surface area contributed by atoms with Crippen LogP contribution in [0.5, 0.6) is 0 Å². The van der Waals surface area contributed by atoms with Crippen LogP contribution in [0.2, 0.25) is 0 Å². The van der Waals surface area contributed by atoms with E-state index in [1.807, 2.05) is 27.9 Å². The monoisotopic (exact) mass is 369 g/mol. The van der Waals surface area contributed by atoms with Crippen LogP contribution in [0.1, 0.15) is 36.9 Å². The van der Waals surface area contributed by atoms with Crippen molar-refractivity contribution in [2.75, 3.05) is 20.2 Å². The van der Waals surface area contributed by atoms with E-state index in [9.17, 15) is 4.79 Å². The molecule has 0 aliphatic carbocycles. The van der Waals surface area contributed by atoms with E-state index in [4.69, 9.17) is 4.74 Å². The molecule has 1 amide bonds. The summed E-state index contributed by atoms with van der Waals surface area (Å²) in [5.41, 5.74) is 2.36. The van der Waals surface area contributed by atoms with Crippen LogP contribution in [0.25, 0.3) is 0 Å². The fraction of sp³-hybridized carbons (Fsp3) is 0.550. The highest BCUT2D eigenvalue weighted by atomic mass is 16.5. The number of likely N-dealkylation sites (tertiary alicyclic amines) is 2. The van der Waals surface area contributed by atoms with E-state index in [1.165, 1.54) is 5.56 Å². The maximum absolute atomic E-state index is 12.6. The van der Waals surface area contributed by atoms with Gasteiger partial charge in [-0.2, -0.15) is 5.10 Å². The van der Waals surface area contributed by atoms with Crippen LogP contribution in [0.4, 0.5) is 0 Å². The van der Waals surface area contributed by atoms with Crippen molar-refractivity contribution in [1.82, 2.24) is 24.6 Å². The number of hydrogen-bond acceptors (Lipinski definition) is 5. The molecule has 7 nitrogen and oxygen atoms in total. The van der Waals surface area contributed by atoms with Crippen LogP contribution in [-0.4, -0.2) is 62.8 Å². The second-order valence-electron chi connectivity index (χ2n) is 7.34. The van der Waals surface area contributed by atoms with Gasteiger partial charge in [-0.05, 0) is 37.5 Å². The average molecular weight is 369 g/mol. The Kier molecular flexibility index (Phi) is 5.22. The summed E-state index contributed by atoms with van der Waals surface area (Å²) in [6.07, 6.45) is 9.25. The van der Waals surface area contributed by atoms with E-state index >= 15 is 0 Å². The molecule has 0 saturated carbocycles. The molecule has 2 saturated heterocycles. The van der Waals surface area contributed by atoms with Gasteiger partial charge in [0.05, 0.1) is 12.2 Å². The van der Waals surface area contributed by atoms with Gasteiger partial charge < -0.3 is 9.64 Å². The summed E-state index contributed by atoms with van der Waals surface area (Å²) in [5.74, 6) is 0.113. The Morgan fingerprint density at radius 1 is 1.22 bits per heavy atom. The SMILES string of the molecule is CCn1cc(CN2CCC(N3C(=O)[C@H](OC)[C@@H]3c3ccncc3)CC2)cn1. The van der Waals surface area contributed by atoms with Gasteiger partial charge in [0.2, 0.25) is 0 Å². The molecule has 0 aromatic carbocycles. The lowest BCUT2D eigenvalue weighted by atomic mass is 9.86. The van der Waals surface area contributed by atoms with Gasteiger partial charge in [-0.3, -0.25) is 19.4 Å². The number of carbonyl (C=O) groups is 1. The summed E-state index contributed by atoms with van der Waals surface area (Å²) in [6, 6.07) is 4.24. The van der Waals surface area contributed by atoms with E-state index in [-0.39, 0.29) is 24.1 Å². The number of rotatable bonds is 6. The maximum Gasteiger partial charge on any atom is 0.255 e. The number of amides is 1. The van der Waals surface area contributed by atoms with Gasteiger partial charge in [-0.15, -0.1) is 0 Å². The van der Waals surface area contributed by atoms with E-state index in [0.717, 1.165) is 44.6 Å².